The Hall–Kier alpha value is -1.76. The monoisotopic (exact) mass is 385 g/mol. The first-order valence-corrected chi connectivity index (χ1v) is 8.26. The summed E-state index contributed by atoms with van der Waals surface area (Å²) in [7, 11) is 3.22. The average molecular weight is 386 g/mol. The highest BCUT2D eigenvalue weighted by molar-refractivity contribution is 7.80. The van der Waals surface area contributed by atoms with E-state index in [1.807, 2.05) is 18.2 Å². The maximum absolute atomic E-state index is 6.04. The number of anilines is 1. The van der Waals surface area contributed by atoms with E-state index in [9.17, 15) is 0 Å². The van der Waals surface area contributed by atoms with E-state index in [0.29, 0.717) is 38.9 Å². The molecule has 0 fully saturated rings. The molecule has 0 unspecified atom stereocenters. The fourth-order valence-corrected chi connectivity index (χ4v) is 2.71. The highest BCUT2D eigenvalue weighted by Gasteiger charge is 2.08. The summed E-state index contributed by atoms with van der Waals surface area (Å²) in [5, 5.41) is 7.34. The molecule has 0 aliphatic rings. The van der Waals surface area contributed by atoms with Gasteiger partial charge in [-0.1, -0.05) is 29.3 Å². The third kappa shape index (κ3) is 4.87. The highest BCUT2D eigenvalue weighted by Crippen LogP contribution is 2.29. The van der Waals surface area contributed by atoms with Crippen LogP contribution >= 0.6 is 35.4 Å². The van der Waals surface area contributed by atoms with Crippen molar-refractivity contribution in [2.45, 2.75) is 6.42 Å². The van der Waals surface area contributed by atoms with E-state index in [1.54, 1.807) is 14.2 Å². The van der Waals surface area contributed by atoms with E-state index in [4.69, 9.17) is 44.9 Å². The molecule has 8 heteroatoms. The van der Waals surface area contributed by atoms with Crippen LogP contribution in [0.2, 0.25) is 10.0 Å². The van der Waals surface area contributed by atoms with Crippen molar-refractivity contribution in [1.29, 1.82) is 0 Å². The highest BCUT2D eigenvalue weighted by atomic mass is 35.5. The van der Waals surface area contributed by atoms with Crippen molar-refractivity contribution >= 4 is 46.2 Å². The number of halogens is 2. The second-order valence-electron chi connectivity index (χ2n) is 4.80. The average Bonchev–Trinajstić information content (AvgIpc) is 2.58. The Bertz CT molecular complexity index is 708. The molecule has 128 valence electrons. The molecule has 0 aliphatic heterocycles. The van der Waals surface area contributed by atoms with Crippen molar-refractivity contribution in [3.8, 4) is 11.5 Å². The van der Waals surface area contributed by atoms with Crippen LogP contribution in [0.25, 0.3) is 0 Å². The number of thiocarbonyl (C=S) groups is 1. The number of benzene rings is 1. The molecular weight excluding hydrogens is 369 g/mol. The van der Waals surface area contributed by atoms with Gasteiger partial charge in [-0.2, -0.15) is 0 Å². The maximum atomic E-state index is 6.04. The normalized spacial score (nSPS) is 10.2. The third-order valence-electron chi connectivity index (χ3n) is 3.24. The Morgan fingerprint density at radius 3 is 2.42 bits per heavy atom. The predicted octanol–water partition coefficient (Wildman–Crippen LogP) is 3.93. The van der Waals surface area contributed by atoms with Crippen LogP contribution in [-0.4, -0.2) is 30.9 Å². The van der Waals surface area contributed by atoms with Crippen molar-refractivity contribution in [2.24, 2.45) is 0 Å². The SMILES string of the molecule is COc1ccc(CCNC(=S)Nc2c(Cl)cncc2Cl)cc1OC. The smallest absolute Gasteiger partial charge is 0.170 e. The zero-order valence-corrected chi connectivity index (χ0v) is 15.6. The third-order valence-corrected chi connectivity index (χ3v) is 4.06. The lowest BCUT2D eigenvalue weighted by Gasteiger charge is -2.13. The molecule has 5 nitrogen and oxygen atoms in total. The Balaban J connectivity index is 1.89. The minimum absolute atomic E-state index is 0.409. The van der Waals surface area contributed by atoms with Gasteiger partial charge in [-0.05, 0) is 36.3 Å². The molecule has 24 heavy (non-hydrogen) atoms. The number of nitrogens with one attached hydrogen (secondary N) is 2. The molecule has 2 N–H and O–H groups in total. The largest absolute Gasteiger partial charge is 0.493 e. The molecule has 0 bridgehead atoms. The van der Waals surface area contributed by atoms with Gasteiger partial charge in [0.05, 0.1) is 30.0 Å². The van der Waals surface area contributed by atoms with E-state index in [0.717, 1.165) is 12.0 Å². The summed E-state index contributed by atoms with van der Waals surface area (Å²) in [6.07, 6.45) is 3.77. The van der Waals surface area contributed by atoms with E-state index in [2.05, 4.69) is 15.6 Å². The van der Waals surface area contributed by atoms with Gasteiger partial charge in [0.1, 0.15) is 0 Å². The molecule has 0 spiro atoms. The number of aromatic nitrogens is 1. The van der Waals surface area contributed by atoms with Gasteiger partial charge in [0, 0.05) is 18.9 Å². The summed E-state index contributed by atoms with van der Waals surface area (Å²) in [6, 6.07) is 5.80. The van der Waals surface area contributed by atoms with Crippen LogP contribution in [0.1, 0.15) is 5.56 Å². The van der Waals surface area contributed by atoms with Gasteiger partial charge in [0.15, 0.2) is 16.6 Å². The van der Waals surface area contributed by atoms with Gasteiger partial charge in [-0.25, -0.2) is 0 Å². The standard InChI is InChI=1S/C16H17Cl2N3O2S/c1-22-13-4-3-10(7-14(13)23-2)5-6-20-16(24)21-15-11(17)8-19-9-12(15)18/h3-4,7-9H,5-6H2,1-2H3,(H2,19,20,21,24). The first-order chi connectivity index (χ1) is 11.5. The summed E-state index contributed by atoms with van der Waals surface area (Å²) in [4.78, 5) is 3.89. The molecule has 1 aromatic carbocycles. The lowest BCUT2D eigenvalue weighted by atomic mass is 10.1. The number of methoxy groups -OCH3 is 2. The number of ether oxygens (including phenoxy) is 2. The quantitative estimate of drug-likeness (QED) is 0.734. The van der Waals surface area contributed by atoms with Crippen molar-refractivity contribution in [3.05, 3.63) is 46.2 Å². The number of hydrogen-bond donors (Lipinski definition) is 2. The number of pyridine rings is 1. The maximum Gasteiger partial charge on any atom is 0.170 e. The van der Waals surface area contributed by atoms with E-state index < -0.39 is 0 Å². The van der Waals surface area contributed by atoms with Crippen molar-refractivity contribution < 1.29 is 9.47 Å². The molecule has 1 aromatic heterocycles. The molecule has 0 radical (unpaired) electrons. The minimum Gasteiger partial charge on any atom is -0.493 e. The van der Waals surface area contributed by atoms with Gasteiger partial charge in [-0.15, -0.1) is 0 Å². The molecular formula is C16H17Cl2N3O2S. The summed E-state index contributed by atoms with van der Waals surface area (Å²) in [5.74, 6) is 1.40. The molecule has 1 heterocycles. The molecule has 0 amide bonds. The summed E-state index contributed by atoms with van der Waals surface area (Å²) >= 11 is 17.3. The Labute approximate surface area is 156 Å². The Morgan fingerprint density at radius 1 is 1.12 bits per heavy atom. The second-order valence-corrected chi connectivity index (χ2v) is 6.02. The Morgan fingerprint density at radius 2 is 1.79 bits per heavy atom. The van der Waals surface area contributed by atoms with Crippen molar-refractivity contribution in [3.63, 3.8) is 0 Å². The first kappa shape index (κ1) is 18.6. The first-order valence-electron chi connectivity index (χ1n) is 7.10. The lowest BCUT2D eigenvalue weighted by molar-refractivity contribution is 0.354. The fraction of sp³-hybridized carbons (Fsp3) is 0.250. The topological polar surface area (TPSA) is 55.4 Å². The molecule has 2 rings (SSSR count). The lowest BCUT2D eigenvalue weighted by Crippen LogP contribution is -2.30. The van der Waals surface area contributed by atoms with Crippen LogP contribution in [0.3, 0.4) is 0 Å². The van der Waals surface area contributed by atoms with Gasteiger partial charge < -0.3 is 20.1 Å². The van der Waals surface area contributed by atoms with Gasteiger partial charge in [0.2, 0.25) is 0 Å². The second kappa shape index (κ2) is 8.92. The zero-order valence-electron chi connectivity index (χ0n) is 13.2. The number of rotatable bonds is 6. The van der Waals surface area contributed by atoms with Gasteiger partial charge in [0.25, 0.3) is 0 Å². The molecule has 0 aliphatic carbocycles. The molecule has 2 aromatic rings. The van der Waals surface area contributed by atoms with Gasteiger partial charge >= 0.3 is 0 Å². The van der Waals surface area contributed by atoms with Crippen LogP contribution in [0, 0.1) is 0 Å². The number of hydrogen-bond acceptors (Lipinski definition) is 4. The predicted molar refractivity (Wildman–Crippen MR) is 102 cm³/mol. The van der Waals surface area contributed by atoms with Crippen LogP contribution in [0.5, 0.6) is 11.5 Å². The van der Waals surface area contributed by atoms with Gasteiger partial charge in [-0.3, -0.25) is 4.98 Å². The molecule has 0 atom stereocenters. The molecule has 0 saturated heterocycles. The summed E-state index contributed by atoms with van der Waals surface area (Å²) in [6.45, 7) is 0.641. The van der Waals surface area contributed by atoms with Crippen LogP contribution in [-0.2, 0) is 6.42 Å². The van der Waals surface area contributed by atoms with Crippen LogP contribution in [0.4, 0.5) is 5.69 Å². The van der Waals surface area contributed by atoms with E-state index in [1.165, 1.54) is 12.4 Å². The minimum atomic E-state index is 0.409. The van der Waals surface area contributed by atoms with Crippen molar-refractivity contribution in [1.82, 2.24) is 10.3 Å². The van der Waals surface area contributed by atoms with Crippen LogP contribution in [0.15, 0.2) is 30.6 Å². The summed E-state index contributed by atoms with van der Waals surface area (Å²) < 4.78 is 10.5. The molecule has 0 saturated carbocycles. The van der Waals surface area contributed by atoms with E-state index in [-0.39, 0.29) is 0 Å². The van der Waals surface area contributed by atoms with Crippen molar-refractivity contribution in [2.75, 3.05) is 26.1 Å². The van der Waals surface area contributed by atoms with Crippen LogP contribution < -0.4 is 20.1 Å². The Kier molecular flexibility index (Phi) is 6.90. The number of nitrogens with zero attached hydrogens (tertiary/aromatic N) is 1. The summed E-state index contributed by atoms with van der Waals surface area (Å²) in [5.41, 5.74) is 1.64. The zero-order chi connectivity index (χ0) is 17.5. The fourth-order valence-electron chi connectivity index (χ4n) is 2.04. The van der Waals surface area contributed by atoms with E-state index >= 15 is 0 Å².